The van der Waals surface area contributed by atoms with Gasteiger partial charge in [-0.25, -0.2) is 0 Å². The zero-order valence-electron chi connectivity index (χ0n) is 11.8. The molecule has 0 radical (unpaired) electrons. The molecule has 0 bridgehead atoms. The van der Waals surface area contributed by atoms with Gasteiger partial charge in [0.1, 0.15) is 0 Å². The van der Waals surface area contributed by atoms with Gasteiger partial charge in [-0.15, -0.1) is 0 Å². The Kier molecular flexibility index (Phi) is 3.47. The van der Waals surface area contributed by atoms with Crippen LogP contribution in [0.3, 0.4) is 0 Å². The van der Waals surface area contributed by atoms with Gasteiger partial charge in [0.05, 0.1) is 0 Å². The first-order valence-electron chi connectivity index (χ1n) is 7.35. The summed E-state index contributed by atoms with van der Waals surface area (Å²) in [4.78, 5) is 25.8. The zero-order valence-corrected chi connectivity index (χ0v) is 11.8. The van der Waals surface area contributed by atoms with Gasteiger partial charge in [-0.05, 0) is 48.9 Å². The summed E-state index contributed by atoms with van der Waals surface area (Å²) in [6.45, 7) is 3.91. The topological polar surface area (TPSA) is 49.4 Å². The maximum Gasteiger partial charge on any atom is 0.253 e. The van der Waals surface area contributed by atoms with Crippen LogP contribution in [0.5, 0.6) is 0 Å². The molecule has 3 rings (SSSR count). The van der Waals surface area contributed by atoms with Crippen LogP contribution in [0.1, 0.15) is 42.1 Å². The summed E-state index contributed by atoms with van der Waals surface area (Å²) in [6, 6.07) is 5.62. The Bertz CT molecular complexity index is 553. The molecule has 4 heteroatoms. The average molecular weight is 272 g/mol. The van der Waals surface area contributed by atoms with Crippen molar-refractivity contribution in [2.45, 2.75) is 32.6 Å². The van der Waals surface area contributed by atoms with Crippen LogP contribution in [0.4, 0.5) is 5.69 Å². The number of rotatable bonds is 1. The van der Waals surface area contributed by atoms with Gasteiger partial charge < -0.3 is 10.2 Å². The maximum atomic E-state index is 12.5. The molecule has 1 saturated heterocycles. The number of carbonyl (C=O) groups is 2. The van der Waals surface area contributed by atoms with E-state index in [0.29, 0.717) is 12.3 Å². The fraction of sp³-hybridized carbons (Fsp3) is 0.500. The molecule has 4 nitrogen and oxygen atoms in total. The summed E-state index contributed by atoms with van der Waals surface area (Å²) >= 11 is 0. The van der Waals surface area contributed by atoms with Crippen LogP contribution in [-0.2, 0) is 11.2 Å². The average Bonchev–Trinajstić information content (AvgIpc) is 2.46. The predicted molar refractivity (Wildman–Crippen MR) is 77.7 cm³/mol. The number of aryl methyl sites for hydroxylation is 1. The molecule has 0 spiro atoms. The summed E-state index contributed by atoms with van der Waals surface area (Å²) in [6.07, 6.45) is 3.53. The summed E-state index contributed by atoms with van der Waals surface area (Å²) in [7, 11) is 0. The molecule has 1 atom stereocenters. The van der Waals surface area contributed by atoms with Gasteiger partial charge in [0.15, 0.2) is 0 Å². The maximum absolute atomic E-state index is 12.5. The van der Waals surface area contributed by atoms with Gasteiger partial charge in [-0.3, -0.25) is 9.59 Å². The lowest BCUT2D eigenvalue weighted by molar-refractivity contribution is -0.116. The highest BCUT2D eigenvalue weighted by molar-refractivity contribution is 5.98. The minimum absolute atomic E-state index is 0.0569. The summed E-state index contributed by atoms with van der Waals surface area (Å²) in [5, 5.41) is 2.85. The monoisotopic (exact) mass is 272 g/mol. The third kappa shape index (κ3) is 2.55. The molecular weight excluding hydrogens is 252 g/mol. The molecule has 0 aromatic heterocycles. The number of nitrogens with one attached hydrogen (secondary N) is 1. The van der Waals surface area contributed by atoms with Gasteiger partial charge in [0.2, 0.25) is 5.91 Å². The first-order valence-corrected chi connectivity index (χ1v) is 7.35. The normalized spacial score (nSPS) is 22.1. The number of fused-ring (bicyclic) bond motifs is 1. The van der Waals surface area contributed by atoms with Crippen molar-refractivity contribution >= 4 is 17.5 Å². The summed E-state index contributed by atoms with van der Waals surface area (Å²) in [5.74, 6) is 0.766. The van der Waals surface area contributed by atoms with E-state index in [1.165, 1.54) is 6.42 Å². The predicted octanol–water partition coefficient (Wildman–Crippen LogP) is 2.44. The smallest absolute Gasteiger partial charge is 0.253 e. The molecule has 2 heterocycles. The minimum Gasteiger partial charge on any atom is -0.338 e. The van der Waals surface area contributed by atoms with Crippen molar-refractivity contribution in [2.75, 3.05) is 18.4 Å². The second-order valence-corrected chi connectivity index (χ2v) is 5.92. The van der Waals surface area contributed by atoms with Crippen LogP contribution < -0.4 is 5.32 Å². The standard InChI is InChI=1S/C16H20N2O2/c1-11-3-2-8-18(10-11)16(20)13-4-6-14-12(9-13)5-7-15(19)17-14/h4,6,9,11H,2-3,5,7-8,10H2,1H3,(H,17,19). The molecule has 20 heavy (non-hydrogen) atoms. The second kappa shape index (κ2) is 5.27. The third-order valence-electron chi connectivity index (χ3n) is 4.19. The van der Waals surface area contributed by atoms with Crippen LogP contribution >= 0.6 is 0 Å². The Morgan fingerprint density at radius 3 is 3.00 bits per heavy atom. The van der Waals surface area contributed by atoms with E-state index in [0.717, 1.165) is 42.7 Å². The number of likely N-dealkylation sites (tertiary alicyclic amines) is 1. The number of hydrogen-bond acceptors (Lipinski definition) is 2. The molecule has 106 valence electrons. The molecule has 1 aromatic rings. The third-order valence-corrected chi connectivity index (χ3v) is 4.19. The Labute approximate surface area is 119 Å². The number of anilines is 1. The Morgan fingerprint density at radius 1 is 1.35 bits per heavy atom. The zero-order chi connectivity index (χ0) is 14.1. The fourth-order valence-electron chi connectivity index (χ4n) is 3.07. The number of carbonyl (C=O) groups excluding carboxylic acids is 2. The highest BCUT2D eigenvalue weighted by Crippen LogP contribution is 2.25. The molecule has 2 amide bonds. The van der Waals surface area contributed by atoms with Crippen molar-refractivity contribution in [1.29, 1.82) is 0 Å². The molecular formula is C16H20N2O2. The van der Waals surface area contributed by atoms with Gasteiger partial charge in [-0.2, -0.15) is 0 Å². The molecule has 2 aliphatic rings. The van der Waals surface area contributed by atoms with Crippen molar-refractivity contribution in [3.8, 4) is 0 Å². The van der Waals surface area contributed by atoms with Crippen LogP contribution in [-0.4, -0.2) is 29.8 Å². The number of nitrogens with zero attached hydrogens (tertiary/aromatic N) is 1. The van der Waals surface area contributed by atoms with Crippen molar-refractivity contribution in [2.24, 2.45) is 5.92 Å². The van der Waals surface area contributed by atoms with E-state index in [2.05, 4.69) is 12.2 Å². The van der Waals surface area contributed by atoms with E-state index in [1.54, 1.807) is 0 Å². The van der Waals surface area contributed by atoms with Crippen LogP contribution in [0.25, 0.3) is 0 Å². The molecule has 1 unspecified atom stereocenters. The van der Waals surface area contributed by atoms with Gasteiger partial charge >= 0.3 is 0 Å². The minimum atomic E-state index is 0.0569. The lowest BCUT2D eigenvalue weighted by Gasteiger charge is -2.31. The summed E-state index contributed by atoms with van der Waals surface area (Å²) in [5.41, 5.74) is 2.67. The lowest BCUT2D eigenvalue weighted by Crippen LogP contribution is -2.39. The van der Waals surface area contributed by atoms with E-state index < -0.39 is 0 Å². The Hall–Kier alpha value is -1.84. The van der Waals surface area contributed by atoms with E-state index in [1.807, 2.05) is 23.1 Å². The largest absolute Gasteiger partial charge is 0.338 e. The van der Waals surface area contributed by atoms with Crippen molar-refractivity contribution in [3.05, 3.63) is 29.3 Å². The SMILES string of the molecule is CC1CCCN(C(=O)c2ccc3c(c2)CCC(=O)N3)C1. The highest BCUT2D eigenvalue weighted by atomic mass is 16.2. The number of amides is 2. The highest BCUT2D eigenvalue weighted by Gasteiger charge is 2.23. The molecule has 0 saturated carbocycles. The molecule has 0 aliphatic carbocycles. The first-order chi connectivity index (χ1) is 9.63. The Balaban J connectivity index is 1.80. The van der Waals surface area contributed by atoms with E-state index in [9.17, 15) is 9.59 Å². The number of hydrogen-bond donors (Lipinski definition) is 1. The lowest BCUT2D eigenvalue weighted by atomic mass is 9.97. The summed E-state index contributed by atoms with van der Waals surface area (Å²) < 4.78 is 0. The first kappa shape index (κ1) is 13.2. The number of benzene rings is 1. The molecule has 1 fully saturated rings. The van der Waals surface area contributed by atoms with Gasteiger partial charge in [0.25, 0.3) is 5.91 Å². The second-order valence-electron chi connectivity index (χ2n) is 5.92. The molecule has 1 N–H and O–H groups in total. The Morgan fingerprint density at radius 2 is 2.20 bits per heavy atom. The van der Waals surface area contributed by atoms with Gasteiger partial charge in [-0.1, -0.05) is 6.92 Å². The van der Waals surface area contributed by atoms with Crippen molar-refractivity contribution in [1.82, 2.24) is 4.90 Å². The molecule has 2 aliphatic heterocycles. The van der Waals surface area contributed by atoms with Crippen LogP contribution in [0.15, 0.2) is 18.2 Å². The fourth-order valence-corrected chi connectivity index (χ4v) is 3.07. The van der Waals surface area contributed by atoms with Crippen LogP contribution in [0.2, 0.25) is 0 Å². The quantitative estimate of drug-likeness (QED) is 0.853. The number of piperidine rings is 1. The van der Waals surface area contributed by atoms with Crippen molar-refractivity contribution < 1.29 is 9.59 Å². The van der Waals surface area contributed by atoms with E-state index in [4.69, 9.17) is 0 Å². The van der Waals surface area contributed by atoms with Gasteiger partial charge in [0, 0.05) is 30.8 Å². The van der Waals surface area contributed by atoms with Crippen LogP contribution in [0, 0.1) is 5.92 Å². The molecule has 1 aromatic carbocycles. The van der Waals surface area contributed by atoms with E-state index in [-0.39, 0.29) is 11.8 Å². The van der Waals surface area contributed by atoms with E-state index >= 15 is 0 Å². The van der Waals surface area contributed by atoms with Crippen molar-refractivity contribution in [3.63, 3.8) is 0 Å².